The molecule has 0 fully saturated rings. The number of hydrogen-bond acceptors (Lipinski definition) is 6. The molecule has 168 valence electrons. The lowest BCUT2D eigenvalue weighted by Gasteiger charge is -2.09. The maximum atomic E-state index is 13.0. The number of alkyl halides is 3. The summed E-state index contributed by atoms with van der Waals surface area (Å²) in [6.45, 7) is 3.20. The Bertz CT molecular complexity index is 1520. The van der Waals surface area contributed by atoms with Gasteiger partial charge < -0.3 is 10.3 Å². The molecule has 0 atom stereocenters. The van der Waals surface area contributed by atoms with Crippen molar-refractivity contribution in [3.05, 3.63) is 58.6 Å². The summed E-state index contributed by atoms with van der Waals surface area (Å²) in [7, 11) is 0. The fraction of sp³-hybridized carbons (Fsp3) is 0.190. The molecule has 4 aromatic heterocycles. The monoisotopic (exact) mass is 471 g/mol. The van der Waals surface area contributed by atoms with Gasteiger partial charge in [-0.1, -0.05) is 18.2 Å². The number of anilines is 1. The van der Waals surface area contributed by atoms with Crippen LogP contribution < -0.4 is 5.32 Å². The molecule has 5 aromatic rings. The van der Waals surface area contributed by atoms with E-state index in [1.54, 1.807) is 13.8 Å². The molecule has 1 amide bonds. The van der Waals surface area contributed by atoms with Gasteiger partial charge >= 0.3 is 6.18 Å². The van der Waals surface area contributed by atoms with Gasteiger partial charge in [0.15, 0.2) is 5.13 Å². The molecule has 0 saturated carbocycles. The molecule has 5 rings (SSSR count). The van der Waals surface area contributed by atoms with Crippen LogP contribution in [-0.4, -0.2) is 35.5 Å². The van der Waals surface area contributed by atoms with Crippen LogP contribution in [0.2, 0.25) is 0 Å². The van der Waals surface area contributed by atoms with Crippen LogP contribution >= 0.6 is 11.3 Å². The molecule has 4 heterocycles. The number of carbonyl (C=O) groups excluding carboxylic acids is 1. The molecule has 33 heavy (non-hydrogen) atoms. The molecule has 0 saturated heterocycles. The van der Waals surface area contributed by atoms with Crippen molar-refractivity contribution in [3.63, 3.8) is 0 Å². The minimum atomic E-state index is -4.68. The standard InChI is InChI=1S/C21H16F3N7OS/c1-10-13(11(2)31-19(26-10)29-18(30-31)21(22,23)24)7-17(32)28-20-27-16(9-33-20)14-8-25-15-6-4-3-5-12(14)15/h3-6,8-9,25H,7H2,1-2H3,(H,27,28,32). The van der Waals surface area contributed by atoms with E-state index in [0.29, 0.717) is 22.1 Å². The van der Waals surface area contributed by atoms with Gasteiger partial charge in [-0.3, -0.25) is 4.79 Å². The van der Waals surface area contributed by atoms with Crippen LogP contribution in [0.1, 0.15) is 22.8 Å². The molecule has 8 nitrogen and oxygen atoms in total. The van der Waals surface area contributed by atoms with Crippen LogP contribution in [0.15, 0.2) is 35.8 Å². The second-order valence-corrected chi connectivity index (χ2v) is 8.28. The lowest BCUT2D eigenvalue weighted by molar-refractivity contribution is -0.144. The largest absolute Gasteiger partial charge is 0.453 e. The SMILES string of the molecule is Cc1nc2nc(C(F)(F)F)nn2c(C)c1CC(=O)Nc1nc(-c2c[nH]c3ccccc23)cs1. The second kappa shape index (κ2) is 7.66. The predicted molar refractivity (Wildman–Crippen MR) is 117 cm³/mol. The molecule has 1 aromatic carbocycles. The third kappa shape index (κ3) is 3.82. The Morgan fingerprint density at radius 2 is 1.97 bits per heavy atom. The van der Waals surface area contributed by atoms with Gasteiger partial charge in [-0.2, -0.15) is 18.2 Å². The first-order valence-electron chi connectivity index (χ1n) is 9.82. The number of thiazole rings is 1. The van der Waals surface area contributed by atoms with Gasteiger partial charge in [-0.05, 0) is 19.9 Å². The first-order valence-corrected chi connectivity index (χ1v) is 10.7. The van der Waals surface area contributed by atoms with E-state index in [1.165, 1.54) is 11.3 Å². The van der Waals surface area contributed by atoms with Gasteiger partial charge in [0.1, 0.15) is 0 Å². The Morgan fingerprint density at radius 1 is 1.18 bits per heavy atom. The summed E-state index contributed by atoms with van der Waals surface area (Å²) in [5, 5.41) is 9.56. The lowest BCUT2D eigenvalue weighted by Crippen LogP contribution is -2.17. The summed E-state index contributed by atoms with van der Waals surface area (Å²) < 4.78 is 39.9. The molecule has 0 aliphatic carbocycles. The van der Waals surface area contributed by atoms with Crippen molar-refractivity contribution >= 4 is 39.1 Å². The minimum absolute atomic E-state index is 0.0934. The van der Waals surface area contributed by atoms with Gasteiger partial charge in [-0.15, -0.1) is 16.4 Å². The van der Waals surface area contributed by atoms with Crippen LogP contribution in [0.5, 0.6) is 0 Å². The number of carbonyl (C=O) groups is 1. The molecule has 12 heteroatoms. The number of aromatic amines is 1. The zero-order valence-corrected chi connectivity index (χ0v) is 18.2. The fourth-order valence-corrected chi connectivity index (χ4v) is 4.37. The number of fused-ring (bicyclic) bond motifs is 2. The van der Waals surface area contributed by atoms with E-state index in [0.717, 1.165) is 26.7 Å². The highest BCUT2D eigenvalue weighted by Crippen LogP contribution is 2.31. The number of rotatable bonds is 4. The average Bonchev–Trinajstić information content (AvgIpc) is 3.48. The maximum absolute atomic E-state index is 13.0. The number of amides is 1. The van der Waals surface area contributed by atoms with Gasteiger partial charge in [-0.25, -0.2) is 14.5 Å². The van der Waals surface area contributed by atoms with Gasteiger partial charge in [0.05, 0.1) is 12.1 Å². The number of benzene rings is 1. The van der Waals surface area contributed by atoms with E-state index in [1.807, 2.05) is 35.8 Å². The summed E-state index contributed by atoms with van der Waals surface area (Å²) in [4.78, 5) is 27.9. The molecule has 0 aliphatic rings. The van der Waals surface area contributed by atoms with Crippen LogP contribution in [0.4, 0.5) is 18.3 Å². The fourth-order valence-electron chi connectivity index (χ4n) is 3.65. The van der Waals surface area contributed by atoms with Crippen molar-refractivity contribution in [1.29, 1.82) is 0 Å². The van der Waals surface area contributed by atoms with Crippen molar-refractivity contribution in [3.8, 4) is 11.3 Å². The second-order valence-electron chi connectivity index (χ2n) is 7.42. The summed E-state index contributed by atoms with van der Waals surface area (Å²) in [6.07, 6.45) is -2.91. The van der Waals surface area contributed by atoms with E-state index in [2.05, 4.69) is 30.4 Å². The normalized spacial score (nSPS) is 12.0. The zero-order chi connectivity index (χ0) is 23.3. The van der Waals surface area contributed by atoms with Crippen molar-refractivity contribution in [1.82, 2.24) is 29.5 Å². The Balaban J connectivity index is 1.37. The van der Waals surface area contributed by atoms with Crippen molar-refractivity contribution in [2.45, 2.75) is 26.4 Å². The topological polar surface area (TPSA) is 101 Å². The van der Waals surface area contributed by atoms with E-state index in [-0.39, 0.29) is 18.1 Å². The van der Waals surface area contributed by atoms with E-state index < -0.39 is 12.0 Å². The summed E-state index contributed by atoms with van der Waals surface area (Å²) in [6, 6.07) is 7.84. The average molecular weight is 471 g/mol. The van der Waals surface area contributed by atoms with Crippen LogP contribution in [0, 0.1) is 13.8 Å². The predicted octanol–water partition coefficient (Wildman–Crippen LogP) is 4.55. The van der Waals surface area contributed by atoms with Gasteiger partial charge in [0.25, 0.3) is 11.6 Å². The third-order valence-electron chi connectivity index (χ3n) is 5.26. The zero-order valence-electron chi connectivity index (χ0n) is 17.4. The molecular weight excluding hydrogens is 455 g/mol. The Labute approximate surface area is 188 Å². The smallest absolute Gasteiger partial charge is 0.360 e. The van der Waals surface area contributed by atoms with Crippen LogP contribution in [0.3, 0.4) is 0 Å². The number of H-pyrrole nitrogens is 1. The third-order valence-corrected chi connectivity index (χ3v) is 6.01. The first-order chi connectivity index (χ1) is 15.7. The molecule has 2 N–H and O–H groups in total. The van der Waals surface area contributed by atoms with E-state index in [9.17, 15) is 18.0 Å². The number of aryl methyl sites for hydroxylation is 2. The molecular formula is C21H16F3N7OS. The quantitative estimate of drug-likeness (QED) is 0.401. The number of nitrogens with zero attached hydrogens (tertiary/aromatic N) is 5. The molecule has 0 spiro atoms. The van der Waals surface area contributed by atoms with Crippen molar-refractivity contribution < 1.29 is 18.0 Å². The molecule has 0 radical (unpaired) electrons. The summed E-state index contributed by atoms with van der Waals surface area (Å²) in [5.41, 5.74) is 3.90. The summed E-state index contributed by atoms with van der Waals surface area (Å²) in [5.74, 6) is -1.80. The number of para-hydroxylation sites is 1. The maximum Gasteiger partial charge on any atom is 0.453 e. The van der Waals surface area contributed by atoms with Crippen LogP contribution in [-0.2, 0) is 17.4 Å². The summed E-state index contributed by atoms with van der Waals surface area (Å²) >= 11 is 1.29. The number of nitrogens with one attached hydrogen (secondary N) is 2. The molecule has 0 aliphatic heterocycles. The number of aromatic nitrogens is 6. The molecule has 0 unspecified atom stereocenters. The van der Waals surface area contributed by atoms with Gasteiger partial charge in [0, 0.05) is 45.0 Å². The highest BCUT2D eigenvalue weighted by atomic mass is 32.1. The van der Waals surface area contributed by atoms with Crippen LogP contribution in [0.25, 0.3) is 27.9 Å². The number of hydrogen-bond donors (Lipinski definition) is 2. The Morgan fingerprint density at radius 3 is 2.76 bits per heavy atom. The van der Waals surface area contributed by atoms with Crippen molar-refractivity contribution in [2.75, 3.05) is 5.32 Å². The lowest BCUT2D eigenvalue weighted by atomic mass is 10.1. The highest BCUT2D eigenvalue weighted by Gasteiger charge is 2.37. The van der Waals surface area contributed by atoms with Crippen molar-refractivity contribution in [2.24, 2.45) is 0 Å². The Kier molecular flexibility index (Phi) is 4.89. The highest BCUT2D eigenvalue weighted by molar-refractivity contribution is 7.14. The van der Waals surface area contributed by atoms with E-state index in [4.69, 9.17) is 0 Å². The van der Waals surface area contributed by atoms with E-state index >= 15 is 0 Å². The minimum Gasteiger partial charge on any atom is -0.360 e. The number of halogens is 3. The Hall–Kier alpha value is -3.80. The molecule has 0 bridgehead atoms. The first kappa shape index (κ1) is 21.1. The van der Waals surface area contributed by atoms with Gasteiger partial charge in [0.2, 0.25) is 5.91 Å².